The summed E-state index contributed by atoms with van der Waals surface area (Å²) in [7, 11) is 0. The number of nitrogens with one attached hydrogen (secondary N) is 2. The van der Waals surface area contributed by atoms with Crippen molar-refractivity contribution in [2.75, 3.05) is 19.7 Å². The van der Waals surface area contributed by atoms with E-state index in [1.54, 1.807) is 0 Å². The third-order valence-electron chi connectivity index (χ3n) is 5.51. The molecule has 2 heterocycles. The minimum atomic E-state index is -0.0134. The van der Waals surface area contributed by atoms with E-state index in [1.165, 1.54) is 11.1 Å². The van der Waals surface area contributed by atoms with Crippen molar-refractivity contribution >= 4 is 5.91 Å². The Morgan fingerprint density at radius 2 is 1.73 bits per heavy atom. The van der Waals surface area contributed by atoms with Gasteiger partial charge in [0.05, 0.1) is 24.7 Å². The Kier molecular flexibility index (Phi) is 5.05. The Hall–Kier alpha value is -2.17. The highest BCUT2D eigenvalue weighted by Gasteiger charge is 2.41. The van der Waals surface area contributed by atoms with Gasteiger partial charge < -0.3 is 15.4 Å². The molecule has 2 saturated heterocycles. The molecule has 2 aliphatic heterocycles. The van der Waals surface area contributed by atoms with Crippen LogP contribution in [0.25, 0.3) is 11.1 Å². The van der Waals surface area contributed by atoms with Gasteiger partial charge in [-0.1, -0.05) is 54.6 Å². The lowest BCUT2D eigenvalue weighted by Crippen LogP contribution is -2.43. The molecule has 0 aromatic heterocycles. The molecule has 0 saturated carbocycles. The molecule has 136 valence electrons. The molecule has 2 aliphatic rings. The maximum Gasteiger partial charge on any atom is 0.224 e. The van der Waals surface area contributed by atoms with Gasteiger partial charge in [-0.25, -0.2) is 0 Å². The highest BCUT2D eigenvalue weighted by atomic mass is 16.5. The number of ether oxygens (including phenoxy) is 1. The maximum absolute atomic E-state index is 12.4. The Morgan fingerprint density at radius 1 is 1.04 bits per heavy atom. The number of hydrogen-bond acceptors (Lipinski definition) is 3. The molecule has 4 heteroatoms. The van der Waals surface area contributed by atoms with Crippen LogP contribution in [0.5, 0.6) is 0 Å². The molecule has 2 N–H and O–H groups in total. The van der Waals surface area contributed by atoms with Gasteiger partial charge in [0.1, 0.15) is 0 Å². The zero-order valence-electron chi connectivity index (χ0n) is 15.0. The SMILES string of the molecule is O=C(Cc1ccc(-c2ccccc2)cc1)NC1COC2(CCNCC2)C1. The van der Waals surface area contributed by atoms with Gasteiger partial charge in [0.25, 0.3) is 0 Å². The first-order chi connectivity index (χ1) is 12.7. The average molecular weight is 350 g/mol. The number of carbonyl (C=O) groups excluding carboxylic acids is 1. The van der Waals surface area contributed by atoms with Gasteiger partial charge in [-0.2, -0.15) is 0 Å². The Bertz CT molecular complexity index is 736. The molecular weight excluding hydrogens is 324 g/mol. The van der Waals surface area contributed by atoms with Crippen molar-refractivity contribution in [2.24, 2.45) is 0 Å². The van der Waals surface area contributed by atoms with Crippen molar-refractivity contribution < 1.29 is 9.53 Å². The van der Waals surface area contributed by atoms with E-state index in [4.69, 9.17) is 4.74 Å². The van der Waals surface area contributed by atoms with E-state index in [0.717, 1.165) is 37.9 Å². The van der Waals surface area contributed by atoms with E-state index in [2.05, 4.69) is 34.9 Å². The normalized spacial score (nSPS) is 21.6. The molecule has 4 nitrogen and oxygen atoms in total. The minimum Gasteiger partial charge on any atom is -0.373 e. The fraction of sp³-hybridized carbons (Fsp3) is 0.409. The summed E-state index contributed by atoms with van der Waals surface area (Å²) in [4.78, 5) is 12.4. The smallest absolute Gasteiger partial charge is 0.224 e. The summed E-state index contributed by atoms with van der Waals surface area (Å²) < 4.78 is 6.06. The van der Waals surface area contributed by atoms with Crippen LogP contribution in [0.4, 0.5) is 0 Å². The van der Waals surface area contributed by atoms with Crippen molar-refractivity contribution in [3.63, 3.8) is 0 Å². The number of piperidine rings is 1. The lowest BCUT2D eigenvalue weighted by atomic mass is 9.88. The fourth-order valence-corrected chi connectivity index (χ4v) is 4.08. The minimum absolute atomic E-state index is 0.0134. The van der Waals surface area contributed by atoms with E-state index in [-0.39, 0.29) is 17.6 Å². The van der Waals surface area contributed by atoms with Crippen molar-refractivity contribution in [1.29, 1.82) is 0 Å². The third-order valence-corrected chi connectivity index (χ3v) is 5.51. The van der Waals surface area contributed by atoms with Gasteiger partial charge in [-0.15, -0.1) is 0 Å². The molecule has 1 amide bonds. The van der Waals surface area contributed by atoms with E-state index >= 15 is 0 Å². The zero-order valence-corrected chi connectivity index (χ0v) is 15.0. The van der Waals surface area contributed by atoms with Crippen LogP contribution in [0.3, 0.4) is 0 Å². The predicted molar refractivity (Wildman–Crippen MR) is 103 cm³/mol. The van der Waals surface area contributed by atoms with Crippen LogP contribution < -0.4 is 10.6 Å². The van der Waals surface area contributed by atoms with E-state index in [9.17, 15) is 4.79 Å². The number of rotatable bonds is 4. The van der Waals surface area contributed by atoms with Gasteiger partial charge in [0.15, 0.2) is 0 Å². The molecule has 0 bridgehead atoms. The van der Waals surface area contributed by atoms with Crippen LogP contribution in [-0.2, 0) is 16.0 Å². The lowest BCUT2D eigenvalue weighted by molar-refractivity contribution is -0.121. The summed E-state index contributed by atoms with van der Waals surface area (Å²) >= 11 is 0. The monoisotopic (exact) mass is 350 g/mol. The topological polar surface area (TPSA) is 50.4 Å². The van der Waals surface area contributed by atoms with Gasteiger partial charge in [-0.05, 0) is 49.0 Å². The standard InChI is InChI=1S/C22H26N2O2/c25-21(24-20-15-22(26-16-20)10-12-23-13-11-22)14-17-6-8-19(9-7-17)18-4-2-1-3-5-18/h1-9,20,23H,10-16H2,(H,24,25). The number of amides is 1. The summed E-state index contributed by atoms with van der Waals surface area (Å²) in [6, 6.07) is 18.7. The second kappa shape index (κ2) is 7.60. The third kappa shape index (κ3) is 3.97. The number of carbonyl (C=O) groups is 1. The quantitative estimate of drug-likeness (QED) is 0.891. The van der Waals surface area contributed by atoms with Crippen LogP contribution in [-0.4, -0.2) is 37.2 Å². The molecule has 0 radical (unpaired) electrons. The van der Waals surface area contributed by atoms with E-state index in [0.29, 0.717) is 13.0 Å². The molecule has 4 rings (SSSR count). The summed E-state index contributed by atoms with van der Waals surface area (Å²) in [6.45, 7) is 2.65. The van der Waals surface area contributed by atoms with Gasteiger partial charge in [-0.3, -0.25) is 4.79 Å². The summed E-state index contributed by atoms with van der Waals surface area (Å²) in [5.74, 6) is 0.0806. The second-order valence-electron chi connectivity index (χ2n) is 7.45. The lowest BCUT2D eigenvalue weighted by Gasteiger charge is -2.32. The molecular formula is C22H26N2O2. The van der Waals surface area contributed by atoms with Gasteiger partial charge >= 0.3 is 0 Å². The van der Waals surface area contributed by atoms with Crippen molar-refractivity contribution in [2.45, 2.75) is 37.3 Å². The zero-order chi connectivity index (χ0) is 17.8. The van der Waals surface area contributed by atoms with Gasteiger partial charge in [0, 0.05) is 0 Å². The first-order valence-electron chi connectivity index (χ1n) is 9.51. The molecule has 2 aromatic rings. The molecule has 26 heavy (non-hydrogen) atoms. The first kappa shape index (κ1) is 17.3. The fourth-order valence-electron chi connectivity index (χ4n) is 4.08. The maximum atomic E-state index is 12.4. The summed E-state index contributed by atoms with van der Waals surface area (Å²) in [5, 5.41) is 6.53. The highest BCUT2D eigenvalue weighted by molar-refractivity contribution is 5.79. The van der Waals surface area contributed by atoms with Crippen molar-refractivity contribution in [3.05, 3.63) is 60.2 Å². The highest BCUT2D eigenvalue weighted by Crippen LogP contribution is 2.33. The largest absolute Gasteiger partial charge is 0.373 e. The van der Waals surface area contributed by atoms with Crippen LogP contribution >= 0.6 is 0 Å². The molecule has 2 aromatic carbocycles. The summed E-state index contributed by atoms with van der Waals surface area (Å²) in [5.41, 5.74) is 3.39. The number of hydrogen-bond donors (Lipinski definition) is 2. The van der Waals surface area contributed by atoms with E-state index < -0.39 is 0 Å². The molecule has 2 fully saturated rings. The number of benzene rings is 2. The van der Waals surface area contributed by atoms with E-state index in [1.807, 2.05) is 30.3 Å². The molecule has 1 spiro atoms. The average Bonchev–Trinajstić information content (AvgIpc) is 3.05. The Labute approximate surface area is 155 Å². The van der Waals surface area contributed by atoms with Crippen LogP contribution in [0.1, 0.15) is 24.8 Å². The Balaban J connectivity index is 1.31. The van der Waals surface area contributed by atoms with Crippen LogP contribution in [0.2, 0.25) is 0 Å². The molecule has 1 unspecified atom stereocenters. The van der Waals surface area contributed by atoms with Crippen molar-refractivity contribution in [1.82, 2.24) is 10.6 Å². The van der Waals surface area contributed by atoms with Crippen LogP contribution in [0, 0.1) is 0 Å². The van der Waals surface area contributed by atoms with Crippen molar-refractivity contribution in [3.8, 4) is 11.1 Å². The molecule has 1 atom stereocenters. The van der Waals surface area contributed by atoms with Gasteiger partial charge in [0.2, 0.25) is 5.91 Å². The molecule has 0 aliphatic carbocycles. The second-order valence-corrected chi connectivity index (χ2v) is 7.45. The Morgan fingerprint density at radius 3 is 2.46 bits per heavy atom. The first-order valence-corrected chi connectivity index (χ1v) is 9.51. The predicted octanol–water partition coefficient (Wildman–Crippen LogP) is 2.92. The summed E-state index contributed by atoms with van der Waals surface area (Å²) in [6.07, 6.45) is 3.44. The van der Waals surface area contributed by atoms with Crippen LogP contribution in [0.15, 0.2) is 54.6 Å².